The predicted molar refractivity (Wildman–Crippen MR) is 121 cm³/mol. The number of rotatable bonds is 8. The van der Waals surface area contributed by atoms with Crippen LogP contribution in [0.1, 0.15) is 41.4 Å². The first kappa shape index (κ1) is 20.9. The third-order valence-electron chi connectivity index (χ3n) is 5.28. The van der Waals surface area contributed by atoms with E-state index in [2.05, 4.69) is 40.4 Å². The molecule has 1 saturated heterocycles. The molecule has 0 saturated carbocycles. The molecule has 4 rings (SSSR count). The number of likely N-dealkylation sites (tertiary alicyclic amines) is 1. The molecule has 0 spiro atoms. The van der Waals surface area contributed by atoms with E-state index in [0.717, 1.165) is 42.2 Å². The molecule has 158 valence electrons. The van der Waals surface area contributed by atoms with E-state index in [-0.39, 0.29) is 5.91 Å². The highest BCUT2D eigenvalue weighted by Crippen LogP contribution is 2.30. The number of nitrogens with zero attached hydrogens (tertiary/aromatic N) is 5. The van der Waals surface area contributed by atoms with Crippen molar-refractivity contribution in [3.8, 4) is 17.3 Å². The van der Waals surface area contributed by atoms with Gasteiger partial charge < -0.3 is 10.2 Å². The summed E-state index contributed by atoms with van der Waals surface area (Å²) in [5.41, 5.74) is 3.72. The third kappa shape index (κ3) is 5.06. The van der Waals surface area contributed by atoms with E-state index in [0.29, 0.717) is 24.6 Å². The molecule has 1 atom stereocenters. The normalized spacial score (nSPS) is 14.5. The minimum Gasteiger partial charge on any atom is -0.354 e. The minimum atomic E-state index is -0.546. The Morgan fingerprint density at radius 1 is 1.26 bits per heavy atom. The highest BCUT2D eigenvalue weighted by Gasteiger charge is 2.21. The van der Waals surface area contributed by atoms with Crippen LogP contribution in [0.15, 0.2) is 41.9 Å². The van der Waals surface area contributed by atoms with Crippen LogP contribution in [0, 0.1) is 18.3 Å². The van der Waals surface area contributed by atoms with Crippen LogP contribution in [-0.4, -0.2) is 45.4 Å². The molecule has 1 aromatic carbocycles. The Bertz CT molecular complexity index is 1090. The quantitative estimate of drug-likeness (QED) is 0.541. The molecule has 1 amide bonds. The topological polar surface area (TPSA) is 94.8 Å². The van der Waals surface area contributed by atoms with Crippen molar-refractivity contribution < 1.29 is 4.79 Å². The zero-order chi connectivity index (χ0) is 21.6. The lowest BCUT2D eigenvalue weighted by atomic mass is 10.1. The van der Waals surface area contributed by atoms with E-state index in [1.54, 1.807) is 12.3 Å². The lowest BCUT2D eigenvalue weighted by Gasteiger charge is -2.15. The van der Waals surface area contributed by atoms with Gasteiger partial charge in [0.1, 0.15) is 10.9 Å². The Kier molecular flexibility index (Phi) is 6.53. The van der Waals surface area contributed by atoms with Gasteiger partial charge in [-0.2, -0.15) is 5.26 Å². The Hall–Kier alpha value is -3.31. The van der Waals surface area contributed by atoms with E-state index in [1.807, 2.05) is 22.4 Å². The Morgan fingerprint density at radius 2 is 2.10 bits per heavy atom. The molecule has 3 aromatic rings. The number of hydrogen-bond acceptors (Lipinski definition) is 7. The second kappa shape index (κ2) is 9.67. The summed E-state index contributed by atoms with van der Waals surface area (Å²) in [7, 11) is 0. The first-order valence-electron chi connectivity index (χ1n) is 10.4. The summed E-state index contributed by atoms with van der Waals surface area (Å²) in [6.07, 6.45) is 4.10. The first-order valence-corrected chi connectivity index (χ1v) is 11.3. The highest BCUT2D eigenvalue weighted by atomic mass is 32.1. The van der Waals surface area contributed by atoms with Gasteiger partial charge in [0.15, 0.2) is 0 Å². The number of nitrogens with one attached hydrogen (secondary N) is 1. The van der Waals surface area contributed by atoms with E-state index >= 15 is 0 Å². The van der Waals surface area contributed by atoms with Crippen molar-refractivity contribution >= 4 is 23.2 Å². The predicted octanol–water partition coefficient (Wildman–Crippen LogP) is 3.99. The standard InChI is InChI=1S/C23H24N6OS/c1-16-5-7-17(8-6-16)20-15-31-22(27-20)18(14-24)19-9-11-26-23(28-19)25-10-3-13-29-12-2-4-21(29)30/h5-9,11,15,18H,2-4,10,12-13H2,1H3,(H,25,26,28). The Labute approximate surface area is 185 Å². The molecule has 7 nitrogen and oxygen atoms in total. The summed E-state index contributed by atoms with van der Waals surface area (Å²) in [6.45, 7) is 4.31. The van der Waals surface area contributed by atoms with Gasteiger partial charge in [0.05, 0.1) is 17.5 Å². The number of aryl methyl sites for hydroxylation is 1. The monoisotopic (exact) mass is 432 g/mol. The van der Waals surface area contributed by atoms with Crippen LogP contribution in [0.25, 0.3) is 11.3 Å². The Morgan fingerprint density at radius 3 is 2.84 bits per heavy atom. The van der Waals surface area contributed by atoms with Crippen molar-refractivity contribution in [2.24, 2.45) is 0 Å². The fourth-order valence-corrected chi connectivity index (χ4v) is 4.44. The third-order valence-corrected chi connectivity index (χ3v) is 6.19. The first-order chi connectivity index (χ1) is 15.1. The van der Waals surface area contributed by atoms with Gasteiger partial charge in [-0.25, -0.2) is 15.0 Å². The summed E-state index contributed by atoms with van der Waals surface area (Å²) in [5, 5.41) is 15.7. The molecule has 3 heterocycles. The van der Waals surface area contributed by atoms with Gasteiger partial charge in [0.2, 0.25) is 11.9 Å². The second-order valence-corrected chi connectivity index (χ2v) is 8.46. The molecule has 1 aliphatic heterocycles. The minimum absolute atomic E-state index is 0.239. The molecule has 1 N–H and O–H groups in total. The van der Waals surface area contributed by atoms with Gasteiger partial charge >= 0.3 is 0 Å². The SMILES string of the molecule is Cc1ccc(-c2csc(C(C#N)c3ccnc(NCCCN4CCCC4=O)n3)n2)cc1. The number of amides is 1. The van der Waals surface area contributed by atoms with Crippen LogP contribution < -0.4 is 5.32 Å². The van der Waals surface area contributed by atoms with Gasteiger partial charge in [-0.15, -0.1) is 11.3 Å². The Balaban J connectivity index is 1.40. The van der Waals surface area contributed by atoms with Gasteiger partial charge in [0, 0.05) is 43.2 Å². The summed E-state index contributed by atoms with van der Waals surface area (Å²) in [6, 6.07) is 12.3. The van der Waals surface area contributed by atoms with Crippen molar-refractivity contribution in [1.29, 1.82) is 5.26 Å². The molecule has 31 heavy (non-hydrogen) atoms. The zero-order valence-corrected chi connectivity index (χ0v) is 18.2. The highest BCUT2D eigenvalue weighted by molar-refractivity contribution is 7.10. The number of carbonyl (C=O) groups excluding carboxylic acids is 1. The van der Waals surface area contributed by atoms with Crippen molar-refractivity contribution in [3.63, 3.8) is 0 Å². The number of benzene rings is 1. The summed E-state index contributed by atoms with van der Waals surface area (Å²) < 4.78 is 0. The van der Waals surface area contributed by atoms with Crippen LogP contribution >= 0.6 is 11.3 Å². The molecule has 0 aliphatic carbocycles. The number of anilines is 1. The average molecular weight is 433 g/mol. The van der Waals surface area contributed by atoms with E-state index in [1.165, 1.54) is 16.9 Å². The van der Waals surface area contributed by atoms with Crippen LogP contribution in [0.4, 0.5) is 5.95 Å². The maximum atomic E-state index is 11.7. The van der Waals surface area contributed by atoms with Crippen LogP contribution in [0.3, 0.4) is 0 Å². The van der Waals surface area contributed by atoms with Gasteiger partial charge in [0.25, 0.3) is 0 Å². The van der Waals surface area contributed by atoms with Crippen LogP contribution in [0.5, 0.6) is 0 Å². The largest absolute Gasteiger partial charge is 0.354 e. The van der Waals surface area contributed by atoms with E-state index < -0.39 is 5.92 Å². The van der Waals surface area contributed by atoms with Crippen molar-refractivity contribution in [3.05, 3.63) is 58.2 Å². The fraction of sp³-hybridized carbons (Fsp3) is 0.348. The van der Waals surface area contributed by atoms with Crippen LogP contribution in [-0.2, 0) is 4.79 Å². The lowest BCUT2D eigenvalue weighted by molar-refractivity contribution is -0.127. The molecule has 0 bridgehead atoms. The molecule has 1 unspecified atom stereocenters. The van der Waals surface area contributed by atoms with Crippen molar-refractivity contribution in [2.75, 3.05) is 25.0 Å². The second-order valence-electron chi connectivity index (χ2n) is 7.57. The summed E-state index contributed by atoms with van der Waals surface area (Å²) >= 11 is 1.47. The van der Waals surface area contributed by atoms with Gasteiger partial charge in [-0.3, -0.25) is 4.79 Å². The van der Waals surface area contributed by atoms with Crippen molar-refractivity contribution in [2.45, 2.75) is 32.1 Å². The van der Waals surface area contributed by atoms with Crippen LogP contribution in [0.2, 0.25) is 0 Å². The van der Waals surface area contributed by atoms with E-state index in [4.69, 9.17) is 4.98 Å². The number of carbonyl (C=O) groups is 1. The summed E-state index contributed by atoms with van der Waals surface area (Å²) in [5.74, 6) is 0.180. The number of thiazole rings is 1. The number of hydrogen-bond donors (Lipinski definition) is 1. The molecule has 1 aliphatic rings. The van der Waals surface area contributed by atoms with E-state index in [9.17, 15) is 10.1 Å². The smallest absolute Gasteiger partial charge is 0.222 e. The zero-order valence-electron chi connectivity index (χ0n) is 17.4. The molecular formula is C23H24N6OS. The van der Waals surface area contributed by atoms with Gasteiger partial charge in [-0.05, 0) is 25.8 Å². The average Bonchev–Trinajstić information content (AvgIpc) is 3.42. The fourth-order valence-electron chi connectivity index (χ4n) is 3.55. The molecule has 2 aromatic heterocycles. The maximum Gasteiger partial charge on any atom is 0.222 e. The molecule has 1 fully saturated rings. The molecule has 8 heteroatoms. The van der Waals surface area contributed by atoms with Crippen molar-refractivity contribution in [1.82, 2.24) is 19.9 Å². The molecule has 0 radical (unpaired) electrons. The number of aromatic nitrogens is 3. The molecular weight excluding hydrogens is 408 g/mol. The lowest BCUT2D eigenvalue weighted by Crippen LogP contribution is -2.27. The number of nitriles is 1. The summed E-state index contributed by atoms with van der Waals surface area (Å²) in [4.78, 5) is 27.1. The van der Waals surface area contributed by atoms with Gasteiger partial charge in [-0.1, -0.05) is 29.8 Å². The maximum absolute atomic E-state index is 11.7.